The maximum absolute atomic E-state index is 12.9. The summed E-state index contributed by atoms with van der Waals surface area (Å²) in [5, 5.41) is 3.37. The molecule has 0 unspecified atom stereocenters. The van der Waals surface area contributed by atoms with Crippen LogP contribution in [-0.2, 0) is 11.0 Å². The second-order valence-electron chi connectivity index (χ2n) is 5.70. The fourth-order valence-electron chi connectivity index (χ4n) is 2.73. The van der Waals surface area contributed by atoms with Crippen LogP contribution in [0.2, 0.25) is 10.0 Å². The molecule has 1 saturated heterocycles. The van der Waals surface area contributed by atoms with E-state index in [9.17, 15) is 18.0 Å². The topological polar surface area (TPSA) is 58.1 Å². The van der Waals surface area contributed by atoms with Gasteiger partial charge in [0.25, 0.3) is 0 Å². The lowest BCUT2D eigenvalue weighted by atomic mass is 10.2. The highest BCUT2D eigenvalue weighted by Gasteiger charge is 2.36. The van der Waals surface area contributed by atoms with Crippen molar-refractivity contribution in [1.29, 1.82) is 0 Å². The van der Waals surface area contributed by atoms with E-state index in [0.29, 0.717) is 35.1 Å². The third kappa shape index (κ3) is 4.02. The Morgan fingerprint density at radius 2 is 2.04 bits per heavy atom. The summed E-state index contributed by atoms with van der Waals surface area (Å²) in [5.74, 6) is -0.539. The number of halogens is 5. The molecule has 1 aromatic carbocycles. The van der Waals surface area contributed by atoms with Gasteiger partial charge in [0.15, 0.2) is 0 Å². The quantitative estimate of drug-likeness (QED) is 0.822. The van der Waals surface area contributed by atoms with E-state index in [1.54, 1.807) is 12.1 Å². The zero-order chi connectivity index (χ0) is 18.9. The predicted octanol–water partition coefficient (Wildman–Crippen LogP) is 4.41. The molecule has 1 N–H and O–H groups in total. The average molecular weight is 405 g/mol. The summed E-state index contributed by atoms with van der Waals surface area (Å²) in [6, 6.07) is 4.72. The van der Waals surface area contributed by atoms with Crippen LogP contribution >= 0.6 is 23.2 Å². The van der Waals surface area contributed by atoms with Crippen molar-refractivity contribution in [3.8, 4) is 0 Å². The van der Waals surface area contributed by atoms with Crippen LogP contribution in [-0.4, -0.2) is 28.5 Å². The van der Waals surface area contributed by atoms with Crippen molar-refractivity contribution in [3.63, 3.8) is 0 Å². The van der Waals surface area contributed by atoms with Gasteiger partial charge >= 0.3 is 6.18 Å². The number of carbonyl (C=O) groups is 1. The zero-order valence-corrected chi connectivity index (χ0v) is 14.7. The van der Waals surface area contributed by atoms with Gasteiger partial charge in [-0.2, -0.15) is 13.2 Å². The number of nitrogens with one attached hydrogen (secondary N) is 1. The molecule has 1 amide bonds. The molecule has 0 bridgehead atoms. The third-order valence-electron chi connectivity index (χ3n) is 3.93. The average Bonchev–Trinajstić information content (AvgIpc) is 3.07. The molecule has 1 aliphatic rings. The van der Waals surface area contributed by atoms with E-state index in [1.165, 1.54) is 11.0 Å². The van der Waals surface area contributed by atoms with E-state index in [-0.39, 0.29) is 5.95 Å². The molecule has 2 heterocycles. The van der Waals surface area contributed by atoms with E-state index in [0.717, 1.165) is 12.3 Å². The standard InChI is InChI=1S/C16H13Cl2F3N4O/c17-9-3-4-10(18)11(8-9)23-14(26)12-2-1-7-25(12)15-22-6-5-13(24-15)16(19,20)21/h3-6,8,12H,1-2,7H2,(H,23,26)/t12-/m0/s1. The van der Waals surface area contributed by atoms with Gasteiger partial charge in [-0.1, -0.05) is 23.2 Å². The van der Waals surface area contributed by atoms with Gasteiger partial charge in [0.05, 0.1) is 10.7 Å². The molecule has 0 saturated carbocycles. The van der Waals surface area contributed by atoms with Gasteiger partial charge in [0.2, 0.25) is 11.9 Å². The molecule has 0 aliphatic carbocycles. The van der Waals surface area contributed by atoms with Crippen molar-refractivity contribution in [2.75, 3.05) is 16.8 Å². The van der Waals surface area contributed by atoms with Crippen LogP contribution in [0.15, 0.2) is 30.5 Å². The molecule has 0 spiro atoms. The minimum absolute atomic E-state index is 0.130. The van der Waals surface area contributed by atoms with Gasteiger partial charge in [-0.3, -0.25) is 4.79 Å². The van der Waals surface area contributed by atoms with E-state index in [1.807, 2.05) is 0 Å². The fourth-order valence-corrected chi connectivity index (χ4v) is 3.07. The number of anilines is 2. The Balaban J connectivity index is 1.82. The van der Waals surface area contributed by atoms with Crippen molar-refractivity contribution in [2.24, 2.45) is 0 Å². The molecule has 3 rings (SSSR count). The van der Waals surface area contributed by atoms with Crippen molar-refractivity contribution < 1.29 is 18.0 Å². The molecule has 1 aromatic heterocycles. The summed E-state index contributed by atoms with van der Waals surface area (Å²) in [7, 11) is 0. The highest BCUT2D eigenvalue weighted by molar-refractivity contribution is 6.35. The van der Waals surface area contributed by atoms with Crippen molar-refractivity contribution in [3.05, 3.63) is 46.2 Å². The molecule has 0 radical (unpaired) electrons. The highest BCUT2D eigenvalue weighted by Crippen LogP contribution is 2.31. The Morgan fingerprint density at radius 3 is 2.77 bits per heavy atom. The maximum Gasteiger partial charge on any atom is 0.433 e. The second-order valence-corrected chi connectivity index (χ2v) is 6.55. The number of carbonyl (C=O) groups excluding carboxylic acids is 1. The minimum Gasteiger partial charge on any atom is -0.329 e. The summed E-state index contributed by atoms with van der Waals surface area (Å²) in [6.07, 6.45) is -2.46. The molecule has 10 heteroatoms. The first kappa shape index (κ1) is 18.7. The first-order valence-corrected chi connectivity index (χ1v) is 8.44. The summed E-state index contributed by atoms with van der Waals surface area (Å²) in [4.78, 5) is 21.5. The number of amides is 1. The van der Waals surface area contributed by atoms with Crippen LogP contribution in [0.3, 0.4) is 0 Å². The van der Waals surface area contributed by atoms with Gasteiger partial charge in [-0.15, -0.1) is 0 Å². The number of aromatic nitrogens is 2. The van der Waals surface area contributed by atoms with Crippen LogP contribution in [0.5, 0.6) is 0 Å². The zero-order valence-electron chi connectivity index (χ0n) is 13.2. The second kappa shape index (κ2) is 7.28. The highest BCUT2D eigenvalue weighted by atomic mass is 35.5. The molecule has 5 nitrogen and oxygen atoms in total. The van der Waals surface area contributed by atoms with E-state index in [4.69, 9.17) is 23.2 Å². The van der Waals surface area contributed by atoms with E-state index in [2.05, 4.69) is 15.3 Å². The van der Waals surface area contributed by atoms with E-state index >= 15 is 0 Å². The number of hydrogen-bond acceptors (Lipinski definition) is 4. The maximum atomic E-state index is 12.9. The Kier molecular flexibility index (Phi) is 5.24. The van der Waals surface area contributed by atoms with Gasteiger partial charge < -0.3 is 10.2 Å². The lowest BCUT2D eigenvalue weighted by Gasteiger charge is -2.24. The number of hydrogen-bond donors (Lipinski definition) is 1. The van der Waals surface area contributed by atoms with Crippen molar-refractivity contribution in [2.45, 2.75) is 25.1 Å². The summed E-state index contributed by atoms with van der Waals surface area (Å²) in [5.41, 5.74) is -0.715. The Hall–Kier alpha value is -2.06. The smallest absolute Gasteiger partial charge is 0.329 e. The Labute approximate surface area is 157 Å². The normalized spacial score (nSPS) is 17.4. The summed E-state index contributed by atoms with van der Waals surface area (Å²) >= 11 is 11.9. The summed E-state index contributed by atoms with van der Waals surface area (Å²) < 4.78 is 38.6. The monoisotopic (exact) mass is 404 g/mol. The molecule has 138 valence electrons. The lowest BCUT2D eigenvalue weighted by Crippen LogP contribution is -2.40. The number of benzene rings is 1. The fraction of sp³-hybridized carbons (Fsp3) is 0.312. The van der Waals surface area contributed by atoms with Crippen LogP contribution in [0, 0.1) is 0 Å². The first-order valence-electron chi connectivity index (χ1n) is 7.68. The Morgan fingerprint density at radius 1 is 1.27 bits per heavy atom. The van der Waals surface area contributed by atoms with Crippen molar-refractivity contribution in [1.82, 2.24) is 9.97 Å². The molecule has 2 aromatic rings. The lowest BCUT2D eigenvalue weighted by molar-refractivity contribution is -0.141. The van der Waals surface area contributed by atoms with E-state index < -0.39 is 23.8 Å². The van der Waals surface area contributed by atoms with Gasteiger partial charge in [-0.25, -0.2) is 9.97 Å². The van der Waals surface area contributed by atoms with Crippen LogP contribution < -0.4 is 10.2 Å². The van der Waals surface area contributed by atoms with Gasteiger partial charge in [-0.05, 0) is 37.1 Å². The van der Waals surface area contributed by atoms with Gasteiger partial charge in [0.1, 0.15) is 11.7 Å². The summed E-state index contributed by atoms with van der Waals surface area (Å²) in [6.45, 7) is 0.378. The number of rotatable bonds is 3. The van der Waals surface area contributed by atoms with Crippen molar-refractivity contribution >= 4 is 40.7 Å². The molecule has 26 heavy (non-hydrogen) atoms. The largest absolute Gasteiger partial charge is 0.433 e. The van der Waals surface area contributed by atoms with Crippen LogP contribution in [0.25, 0.3) is 0 Å². The SMILES string of the molecule is O=C(Nc1cc(Cl)ccc1Cl)[C@@H]1CCCN1c1nccc(C(F)(F)F)n1. The molecular formula is C16H13Cl2F3N4O. The van der Waals surface area contributed by atoms with Gasteiger partial charge in [0, 0.05) is 17.8 Å². The molecule has 1 aliphatic heterocycles. The van der Waals surface area contributed by atoms with Crippen LogP contribution in [0.1, 0.15) is 18.5 Å². The molecular weight excluding hydrogens is 392 g/mol. The number of nitrogens with zero attached hydrogens (tertiary/aromatic N) is 3. The third-order valence-corrected chi connectivity index (χ3v) is 4.50. The Bertz CT molecular complexity index is 831. The predicted molar refractivity (Wildman–Crippen MR) is 92.5 cm³/mol. The van der Waals surface area contributed by atoms with Crippen LogP contribution in [0.4, 0.5) is 24.8 Å². The first-order chi connectivity index (χ1) is 12.3. The molecule has 1 fully saturated rings. The molecule has 1 atom stereocenters. The number of alkyl halides is 3. The minimum atomic E-state index is -4.58.